The second-order valence-electron chi connectivity index (χ2n) is 9.09. The van der Waals surface area contributed by atoms with Crippen LogP contribution in [0, 0.1) is 5.92 Å². The van der Waals surface area contributed by atoms with Crippen molar-refractivity contribution in [3.05, 3.63) is 60.2 Å². The lowest BCUT2D eigenvalue weighted by Gasteiger charge is -2.39. The topological polar surface area (TPSA) is 70.2 Å². The fraction of sp³-hybridized carbons (Fsp3) is 0.500. The zero-order valence-electron chi connectivity index (χ0n) is 19.9. The third kappa shape index (κ3) is 6.10. The van der Waals surface area contributed by atoms with Gasteiger partial charge in [-0.3, -0.25) is 4.79 Å². The number of benzene rings is 2. The van der Waals surface area contributed by atoms with E-state index in [-0.39, 0.29) is 17.6 Å². The van der Waals surface area contributed by atoms with E-state index in [1.807, 2.05) is 59.5 Å². The first-order chi connectivity index (χ1) is 16.5. The van der Waals surface area contributed by atoms with Crippen LogP contribution in [0.1, 0.15) is 24.8 Å². The third-order valence-electron chi connectivity index (χ3n) is 6.94. The van der Waals surface area contributed by atoms with Crippen molar-refractivity contribution in [1.82, 2.24) is 9.21 Å². The van der Waals surface area contributed by atoms with Gasteiger partial charge in [-0.1, -0.05) is 30.3 Å². The number of rotatable bonds is 8. The van der Waals surface area contributed by atoms with E-state index in [1.165, 1.54) is 0 Å². The van der Waals surface area contributed by atoms with E-state index in [4.69, 9.17) is 4.74 Å². The molecule has 184 valence electrons. The first-order valence-corrected chi connectivity index (χ1v) is 13.8. The Hall–Kier alpha value is -2.58. The highest BCUT2D eigenvalue weighted by Crippen LogP contribution is 2.25. The molecule has 0 spiro atoms. The fourth-order valence-electron chi connectivity index (χ4n) is 4.85. The number of hydrogen-bond acceptors (Lipinski definition) is 5. The maximum Gasteiger partial charge on any atom is 0.225 e. The molecule has 0 N–H and O–H groups in total. The Morgan fingerprint density at radius 3 is 2.18 bits per heavy atom. The van der Waals surface area contributed by atoms with E-state index in [0.717, 1.165) is 36.5 Å². The van der Waals surface area contributed by atoms with E-state index in [0.29, 0.717) is 45.4 Å². The standard InChI is InChI=1S/C26H35N3O4S/c1-33-25-11-9-24(10-12-25)27-17-19-28(20-18-27)26(30)23-13-15-29(16-14-23)34(31,32)21-5-8-22-6-3-2-4-7-22/h2-4,6-7,9-12,23H,5,8,13-21H2,1H3. The molecule has 0 radical (unpaired) electrons. The molecule has 2 fully saturated rings. The van der Waals surface area contributed by atoms with E-state index in [1.54, 1.807) is 11.4 Å². The van der Waals surface area contributed by atoms with Gasteiger partial charge in [0.1, 0.15) is 5.75 Å². The van der Waals surface area contributed by atoms with E-state index in [2.05, 4.69) is 4.90 Å². The van der Waals surface area contributed by atoms with Gasteiger partial charge in [-0.25, -0.2) is 12.7 Å². The third-order valence-corrected chi connectivity index (χ3v) is 8.89. The number of nitrogens with zero attached hydrogens (tertiary/aromatic N) is 3. The summed E-state index contributed by atoms with van der Waals surface area (Å²) < 4.78 is 32.4. The average molecular weight is 486 g/mol. The lowest BCUT2D eigenvalue weighted by molar-refractivity contribution is -0.137. The summed E-state index contributed by atoms with van der Waals surface area (Å²) in [6, 6.07) is 18.0. The highest BCUT2D eigenvalue weighted by molar-refractivity contribution is 7.89. The van der Waals surface area contributed by atoms with Gasteiger partial charge in [0.2, 0.25) is 15.9 Å². The molecule has 0 saturated carbocycles. The summed E-state index contributed by atoms with van der Waals surface area (Å²) >= 11 is 0. The maximum atomic E-state index is 13.1. The molecule has 2 aromatic rings. The van der Waals surface area contributed by atoms with Crippen molar-refractivity contribution in [2.24, 2.45) is 5.92 Å². The van der Waals surface area contributed by atoms with Crippen molar-refractivity contribution in [2.45, 2.75) is 25.7 Å². The van der Waals surface area contributed by atoms with Crippen molar-refractivity contribution < 1.29 is 17.9 Å². The number of methoxy groups -OCH3 is 1. The van der Waals surface area contributed by atoms with Crippen LogP contribution in [0.15, 0.2) is 54.6 Å². The highest BCUT2D eigenvalue weighted by Gasteiger charge is 2.33. The van der Waals surface area contributed by atoms with Gasteiger partial charge >= 0.3 is 0 Å². The van der Waals surface area contributed by atoms with Gasteiger partial charge < -0.3 is 14.5 Å². The lowest BCUT2D eigenvalue weighted by Crippen LogP contribution is -2.52. The van der Waals surface area contributed by atoms with Crippen molar-refractivity contribution >= 4 is 21.6 Å². The molecular formula is C26H35N3O4S. The summed E-state index contributed by atoms with van der Waals surface area (Å²) in [5, 5.41) is 0. The monoisotopic (exact) mass is 485 g/mol. The highest BCUT2D eigenvalue weighted by atomic mass is 32.2. The quantitative estimate of drug-likeness (QED) is 0.575. The van der Waals surface area contributed by atoms with Crippen LogP contribution in [-0.4, -0.2) is 75.7 Å². The van der Waals surface area contributed by atoms with Crippen molar-refractivity contribution in [3.8, 4) is 5.75 Å². The number of hydrogen-bond donors (Lipinski definition) is 0. The predicted octanol–water partition coefficient (Wildman–Crippen LogP) is 3.02. The van der Waals surface area contributed by atoms with Crippen LogP contribution in [0.25, 0.3) is 0 Å². The van der Waals surface area contributed by atoms with Crippen LogP contribution < -0.4 is 9.64 Å². The van der Waals surface area contributed by atoms with E-state index < -0.39 is 10.0 Å². The molecule has 0 aliphatic carbocycles. The SMILES string of the molecule is COc1ccc(N2CCN(C(=O)C3CCN(S(=O)(=O)CCCc4ccccc4)CC3)CC2)cc1. The summed E-state index contributed by atoms with van der Waals surface area (Å²) in [7, 11) is -1.62. The molecule has 0 bridgehead atoms. The number of piperazine rings is 1. The number of piperidine rings is 1. The molecule has 0 unspecified atom stereocenters. The molecule has 1 amide bonds. The van der Waals surface area contributed by atoms with Crippen LogP contribution >= 0.6 is 0 Å². The molecule has 2 heterocycles. The van der Waals surface area contributed by atoms with Gasteiger partial charge in [0, 0.05) is 50.9 Å². The number of ether oxygens (including phenoxy) is 1. The van der Waals surface area contributed by atoms with Gasteiger partial charge in [0.05, 0.1) is 12.9 Å². The molecule has 34 heavy (non-hydrogen) atoms. The van der Waals surface area contributed by atoms with E-state index in [9.17, 15) is 13.2 Å². The number of amides is 1. The zero-order valence-corrected chi connectivity index (χ0v) is 20.8. The minimum atomic E-state index is -3.28. The molecule has 7 nitrogen and oxygen atoms in total. The second-order valence-corrected chi connectivity index (χ2v) is 11.2. The number of carbonyl (C=O) groups excluding carboxylic acids is 1. The number of anilines is 1. The molecule has 0 aromatic heterocycles. The van der Waals surface area contributed by atoms with Crippen molar-refractivity contribution in [2.75, 3.05) is 57.0 Å². The summed E-state index contributed by atoms with van der Waals surface area (Å²) in [4.78, 5) is 17.3. The fourth-order valence-corrected chi connectivity index (χ4v) is 6.38. The van der Waals surface area contributed by atoms with Gasteiger partial charge in [-0.05, 0) is 55.5 Å². The Morgan fingerprint density at radius 1 is 0.912 bits per heavy atom. The van der Waals surface area contributed by atoms with Gasteiger partial charge in [-0.2, -0.15) is 0 Å². The molecule has 2 saturated heterocycles. The Bertz CT molecular complexity index is 1030. The van der Waals surface area contributed by atoms with Crippen LogP contribution in [0.4, 0.5) is 5.69 Å². The van der Waals surface area contributed by atoms with E-state index >= 15 is 0 Å². The van der Waals surface area contributed by atoms with Crippen molar-refractivity contribution in [3.63, 3.8) is 0 Å². The van der Waals surface area contributed by atoms with Gasteiger partial charge in [0.25, 0.3) is 0 Å². The number of carbonyl (C=O) groups is 1. The lowest BCUT2D eigenvalue weighted by atomic mass is 9.96. The summed E-state index contributed by atoms with van der Waals surface area (Å²) in [5.74, 6) is 1.09. The normalized spacial score (nSPS) is 18.1. The summed E-state index contributed by atoms with van der Waals surface area (Å²) in [6.07, 6.45) is 2.59. The molecule has 4 rings (SSSR count). The average Bonchev–Trinajstić information content (AvgIpc) is 2.89. The Labute approximate surface area is 203 Å². The van der Waals surface area contributed by atoms with Crippen molar-refractivity contribution in [1.29, 1.82) is 0 Å². The van der Waals surface area contributed by atoms with Gasteiger partial charge in [-0.15, -0.1) is 0 Å². The number of sulfonamides is 1. The summed E-state index contributed by atoms with van der Waals surface area (Å²) in [6.45, 7) is 3.87. The first-order valence-electron chi connectivity index (χ1n) is 12.2. The van der Waals surface area contributed by atoms with Gasteiger partial charge in [0.15, 0.2) is 0 Å². The second kappa shape index (κ2) is 11.2. The molecule has 2 aliphatic heterocycles. The summed E-state index contributed by atoms with van der Waals surface area (Å²) in [5.41, 5.74) is 2.30. The Morgan fingerprint density at radius 2 is 1.56 bits per heavy atom. The molecule has 2 aliphatic rings. The van der Waals surface area contributed by atoms with Crippen LogP contribution in [0.2, 0.25) is 0 Å². The molecular weight excluding hydrogens is 450 g/mol. The molecule has 0 atom stereocenters. The largest absolute Gasteiger partial charge is 0.497 e. The van der Waals surface area contributed by atoms with Crippen LogP contribution in [0.3, 0.4) is 0 Å². The zero-order chi connectivity index (χ0) is 24.0. The maximum absolute atomic E-state index is 13.1. The predicted molar refractivity (Wildman–Crippen MR) is 135 cm³/mol. The Kier molecular flexibility index (Phi) is 8.11. The van der Waals surface area contributed by atoms with Crippen LogP contribution in [0.5, 0.6) is 5.75 Å². The Balaban J connectivity index is 1.21. The minimum Gasteiger partial charge on any atom is -0.497 e. The smallest absolute Gasteiger partial charge is 0.225 e. The van der Waals surface area contributed by atoms with Crippen LogP contribution in [-0.2, 0) is 21.2 Å². The molecule has 2 aromatic carbocycles. The minimum absolute atomic E-state index is 0.0803. The number of aryl methyl sites for hydroxylation is 1. The molecule has 8 heteroatoms. The first kappa shape index (κ1) is 24.5.